The van der Waals surface area contributed by atoms with Crippen LogP contribution < -0.4 is 0 Å². The summed E-state index contributed by atoms with van der Waals surface area (Å²) < 4.78 is 0. The number of aromatic nitrogens is 1. The molecule has 1 heterocycles. The molecule has 0 fully saturated rings. The highest BCUT2D eigenvalue weighted by molar-refractivity contribution is 6.12. The van der Waals surface area contributed by atoms with Gasteiger partial charge in [0.25, 0.3) is 0 Å². The molecule has 2 nitrogen and oxygen atoms in total. The smallest absolute Gasteiger partial charge is 0.209 e. The first kappa shape index (κ1) is 22.8. The number of aromatic amines is 1. The van der Waals surface area contributed by atoms with Gasteiger partial charge in [0.15, 0.2) is 0 Å². The van der Waals surface area contributed by atoms with Crippen molar-refractivity contribution < 1.29 is 4.79 Å². The van der Waals surface area contributed by atoms with Crippen LogP contribution in [0.15, 0.2) is 84.9 Å². The van der Waals surface area contributed by atoms with E-state index in [1.807, 2.05) is 30.3 Å². The minimum atomic E-state index is 0.0199. The third kappa shape index (κ3) is 5.51. The molecule has 0 saturated heterocycles. The molecular weight excluding hydrogens is 402 g/mol. The van der Waals surface area contributed by atoms with E-state index in [9.17, 15) is 4.79 Å². The van der Waals surface area contributed by atoms with Gasteiger partial charge in [0, 0.05) is 16.8 Å². The summed E-state index contributed by atoms with van der Waals surface area (Å²) in [6.45, 7) is 4.43. The van der Waals surface area contributed by atoms with Gasteiger partial charge in [-0.05, 0) is 54.0 Å². The number of nitrogens with one attached hydrogen (secondary N) is 1. The van der Waals surface area contributed by atoms with E-state index in [1.165, 1.54) is 36.8 Å². The van der Waals surface area contributed by atoms with Crippen molar-refractivity contribution in [3.05, 3.63) is 107 Å². The lowest BCUT2D eigenvalue weighted by Gasteiger charge is -2.06. The Morgan fingerprint density at radius 2 is 1.24 bits per heavy atom. The number of H-pyrrole nitrogens is 1. The fourth-order valence-corrected chi connectivity index (χ4v) is 4.21. The number of ketones is 1. The third-order valence-electron chi connectivity index (χ3n) is 6.25. The van der Waals surface area contributed by atoms with E-state index in [2.05, 4.69) is 73.4 Å². The number of unbranched alkanes of at least 4 members (excludes halogenated alkanes) is 2. The summed E-state index contributed by atoms with van der Waals surface area (Å²) in [5.41, 5.74) is 8.14. The summed E-state index contributed by atoms with van der Waals surface area (Å²) in [7, 11) is 0. The Morgan fingerprint density at radius 1 is 0.697 bits per heavy atom. The maximum Gasteiger partial charge on any atom is 0.209 e. The number of aryl methyl sites for hydroxylation is 2. The van der Waals surface area contributed by atoms with E-state index in [-0.39, 0.29) is 5.78 Å². The van der Waals surface area contributed by atoms with Crippen LogP contribution in [0.1, 0.15) is 66.7 Å². The molecule has 4 rings (SSSR count). The SMILES string of the molecule is CCCCc1ccc(-c2cc(-c3ccc(CCCC)cc3)c(C(=O)c3ccccc3)[nH]2)cc1. The summed E-state index contributed by atoms with van der Waals surface area (Å²) in [5.74, 6) is 0.0199. The molecule has 4 aromatic rings. The average molecular weight is 436 g/mol. The molecule has 0 saturated carbocycles. The largest absolute Gasteiger partial charge is 0.351 e. The molecular formula is C31H33NO. The van der Waals surface area contributed by atoms with E-state index in [0.29, 0.717) is 11.3 Å². The third-order valence-corrected chi connectivity index (χ3v) is 6.25. The van der Waals surface area contributed by atoms with Crippen molar-refractivity contribution in [2.24, 2.45) is 0 Å². The van der Waals surface area contributed by atoms with E-state index >= 15 is 0 Å². The molecule has 0 amide bonds. The summed E-state index contributed by atoms with van der Waals surface area (Å²) in [4.78, 5) is 16.9. The molecule has 0 aliphatic heterocycles. The second-order valence-electron chi connectivity index (χ2n) is 8.77. The molecule has 0 spiro atoms. The molecule has 0 bridgehead atoms. The van der Waals surface area contributed by atoms with Crippen LogP contribution in [0.3, 0.4) is 0 Å². The van der Waals surface area contributed by atoms with Crippen molar-refractivity contribution in [2.45, 2.75) is 52.4 Å². The van der Waals surface area contributed by atoms with Crippen molar-refractivity contribution in [3.63, 3.8) is 0 Å². The minimum absolute atomic E-state index is 0.0199. The molecule has 0 aliphatic carbocycles. The van der Waals surface area contributed by atoms with E-state index in [4.69, 9.17) is 0 Å². The van der Waals surface area contributed by atoms with E-state index < -0.39 is 0 Å². The van der Waals surface area contributed by atoms with Crippen LogP contribution in [0, 0.1) is 0 Å². The van der Waals surface area contributed by atoms with Crippen LogP contribution in [0.5, 0.6) is 0 Å². The van der Waals surface area contributed by atoms with Crippen molar-refractivity contribution in [2.75, 3.05) is 0 Å². The summed E-state index contributed by atoms with van der Waals surface area (Å²) in [5, 5.41) is 0. The Kier molecular flexibility index (Phi) is 7.57. The number of carbonyl (C=O) groups excluding carboxylic acids is 1. The van der Waals surface area contributed by atoms with Crippen LogP contribution in [0.2, 0.25) is 0 Å². The molecule has 0 radical (unpaired) electrons. The van der Waals surface area contributed by atoms with Crippen LogP contribution in [-0.2, 0) is 12.8 Å². The Bertz CT molecular complexity index is 1170. The highest BCUT2D eigenvalue weighted by atomic mass is 16.1. The van der Waals surface area contributed by atoms with Gasteiger partial charge in [-0.2, -0.15) is 0 Å². The minimum Gasteiger partial charge on any atom is -0.351 e. The Balaban J connectivity index is 1.71. The Labute approximate surface area is 197 Å². The first-order valence-electron chi connectivity index (χ1n) is 12.2. The predicted molar refractivity (Wildman–Crippen MR) is 139 cm³/mol. The van der Waals surface area contributed by atoms with Gasteiger partial charge in [-0.15, -0.1) is 0 Å². The van der Waals surface area contributed by atoms with Crippen LogP contribution in [0.4, 0.5) is 0 Å². The predicted octanol–water partition coefficient (Wildman–Crippen LogP) is 8.26. The summed E-state index contributed by atoms with van der Waals surface area (Å²) in [6, 6.07) is 29.0. The van der Waals surface area contributed by atoms with Gasteiger partial charge >= 0.3 is 0 Å². The summed E-state index contributed by atoms with van der Waals surface area (Å²) in [6.07, 6.45) is 6.99. The second kappa shape index (κ2) is 11.0. The van der Waals surface area contributed by atoms with Crippen molar-refractivity contribution >= 4 is 5.78 Å². The van der Waals surface area contributed by atoms with Crippen LogP contribution in [-0.4, -0.2) is 10.8 Å². The number of rotatable bonds is 10. The quantitative estimate of drug-likeness (QED) is 0.250. The molecule has 2 heteroatoms. The Hall–Kier alpha value is -3.39. The standard InChI is InChI=1S/C31H33NO/c1-3-5-10-23-14-18-25(19-15-23)28-22-29(26-20-16-24(17-21-26)11-6-4-2)32-30(28)31(33)27-12-8-7-9-13-27/h7-9,12-22,32H,3-6,10-11H2,1-2H3. The first-order chi connectivity index (χ1) is 16.2. The van der Waals surface area contributed by atoms with E-state index in [1.54, 1.807) is 0 Å². The molecule has 0 aliphatic rings. The molecule has 0 unspecified atom stereocenters. The normalized spacial score (nSPS) is 11.0. The zero-order chi connectivity index (χ0) is 23.0. The van der Waals surface area contributed by atoms with Gasteiger partial charge in [-0.25, -0.2) is 0 Å². The topological polar surface area (TPSA) is 32.9 Å². The lowest BCUT2D eigenvalue weighted by Crippen LogP contribution is -2.03. The van der Waals surface area contributed by atoms with Gasteiger partial charge in [0.05, 0.1) is 5.69 Å². The van der Waals surface area contributed by atoms with Gasteiger partial charge in [0.2, 0.25) is 5.78 Å². The van der Waals surface area contributed by atoms with Crippen molar-refractivity contribution in [1.29, 1.82) is 0 Å². The second-order valence-corrected chi connectivity index (χ2v) is 8.77. The monoisotopic (exact) mass is 435 g/mol. The molecule has 3 aromatic carbocycles. The first-order valence-corrected chi connectivity index (χ1v) is 12.2. The van der Waals surface area contributed by atoms with Gasteiger partial charge in [-0.3, -0.25) is 4.79 Å². The van der Waals surface area contributed by atoms with Crippen molar-refractivity contribution in [1.82, 2.24) is 4.98 Å². The zero-order valence-electron chi connectivity index (χ0n) is 19.7. The Morgan fingerprint density at radius 3 is 1.79 bits per heavy atom. The van der Waals surface area contributed by atoms with Gasteiger partial charge in [-0.1, -0.05) is 106 Å². The highest BCUT2D eigenvalue weighted by Gasteiger charge is 2.19. The molecule has 1 N–H and O–H groups in total. The van der Waals surface area contributed by atoms with Gasteiger partial charge in [0.1, 0.15) is 0 Å². The fraction of sp³-hybridized carbons (Fsp3) is 0.258. The fourth-order valence-electron chi connectivity index (χ4n) is 4.21. The van der Waals surface area contributed by atoms with Gasteiger partial charge < -0.3 is 4.98 Å². The van der Waals surface area contributed by atoms with Crippen molar-refractivity contribution in [3.8, 4) is 22.4 Å². The highest BCUT2D eigenvalue weighted by Crippen LogP contribution is 2.32. The number of benzene rings is 3. The lowest BCUT2D eigenvalue weighted by molar-refractivity contribution is 0.103. The molecule has 1 aromatic heterocycles. The van der Waals surface area contributed by atoms with E-state index in [0.717, 1.165) is 35.2 Å². The maximum absolute atomic E-state index is 13.4. The lowest BCUT2D eigenvalue weighted by atomic mass is 9.98. The number of hydrogen-bond donors (Lipinski definition) is 1. The molecule has 33 heavy (non-hydrogen) atoms. The average Bonchev–Trinajstić information content (AvgIpc) is 3.32. The van der Waals surface area contributed by atoms with Crippen LogP contribution in [0.25, 0.3) is 22.4 Å². The maximum atomic E-state index is 13.4. The zero-order valence-corrected chi connectivity index (χ0v) is 19.7. The number of carbonyl (C=O) groups is 1. The number of hydrogen-bond acceptors (Lipinski definition) is 1. The van der Waals surface area contributed by atoms with Crippen LogP contribution >= 0.6 is 0 Å². The molecule has 0 atom stereocenters. The molecule has 168 valence electrons. The summed E-state index contributed by atoms with van der Waals surface area (Å²) >= 11 is 0.